The van der Waals surface area contributed by atoms with Gasteiger partial charge in [0.15, 0.2) is 11.5 Å². The number of piperidine rings is 1. The molecule has 35 heavy (non-hydrogen) atoms. The van der Waals surface area contributed by atoms with Gasteiger partial charge in [-0.3, -0.25) is 14.4 Å². The number of carbonyl (C=O) groups is 4. The number of aliphatic carboxylic acids is 1. The average Bonchev–Trinajstić information content (AvgIpc) is 3.30. The summed E-state index contributed by atoms with van der Waals surface area (Å²) in [5.74, 6) is -3.84. The Labute approximate surface area is 208 Å². The monoisotopic (exact) mass is 546 g/mol. The van der Waals surface area contributed by atoms with Crippen LogP contribution in [-0.2, 0) is 20.9 Å². The minimum atomic E-state index is -2.44. The molecule has 6 N–H and O–H groups in total. The van der Waals surface area contributed by atoms with Crippen LogP contribution in [0.5, 0.6) is 11.5 Å². The van der Waals surface area contributed by atoms with Crippen molar-refractivity contribution in [2.24, 2.45) is 11.5 Å². The first-order chi connectivity index (χ1) is 16.6. The Morgan fingerprint density at radius 1 is 1.09 bits per heavy atom. The number of amides is 4. The van der Waals surface area contributed by atoms with Crippen LogP contribution < -0.4 is 26.3 Å². The fourth-order valence-electron chi connectivity index (χ4n) is 4.76. The van der Waals surface area contributed by atoms with Crippen LogP contribution in [0.4, 0.5) is 4.79 Å². The Kier molecular flexibility index (Phi) is 6.32. The number of nitrogens with two attached hydrogens (primary N) is 2. The van der Waals surface area contributed by atoms with E-state index in [0.717, 1.165) is 4.90 Å². The number of hydrogen-bond donors (Lipinski definition) is 4. The molecule has 184 valence electrons. The van der Waals surface area contributed by atoms with Crippen LogP contribution in [0.15, 0.2) is 48.5 Å². The van der Waals surface area contributed by atoms with Crippen molar-refractivity contribution in [1.29, 1.82) is 0 Å². The Balaban J connectivity index is 1.81. The SMILES string of the molecule is NC(=O)N1CCC(Br)(C(=O)O)C(c2ccccc2)C1(C(N)=O)C(=O)NCc1ccc2c(c1)OCO2. The van der Waals surface area contributed by atoms with E-state index in [9.17, 15) is 24.3 Å². The van der Waals surface area contributed by atoms with Gasteiger partial charge in [0, 0.05) is 13.1 Å². The molecule has 0 spiro atoms. The van der Waals surface area contributed by atoms with Crippen LogP contribution in [0.25, 0.3) is 0 Å². The van der Waals surface area contributed by atoms with Crippen LogP contribution in [0.2, 0.25) is 0 Å². The molecule has 12 heteroatoms. The molecule has 0 radical (unpaired) electrons. The van der Waals surface area contributed by atoms with Crippen molar-refractivity contribution in [2.45, 2.75) is 28.7 Å². The van der Waals surface area contributed by atoms with Crippen molar-refractivity contribution in [3.63, 3.8) is 0 Å². The molecule has 0 saturated carbocycles. The van der Waals surface area contributed by atoms with Crippen molar-refractivity contribution in [3.8, 4) is 11.5 Å². The van der Waals surface area contributed by atoms with Crippen LogP contribution in [0, 0.1) is 0 Å². The van der Waals surface area contributed by atoms with E-state index in [1.54, 1.807) is 48.5 Å². The number of benzene rings is 2. The second-order valence-corrected chi connectivity index (χ2v) is 9.67. The Morgan fingerprint density at radius 3 is 2.40 bits per heavy atom. The van der Waals surface area contributed by atoms with Crippen LogP contribution >= 0.6 is 15.9 Å². The summed E-state index contributed by atoms with van der Waals surface area (Å²) in [5.41, 5.74) is 9.91. The van der Waals surface area contributed by atoms with Crippen molar-refractivity contribution >= 4 is 39.7 Å². The minimum absolute atomic E-state index is 0.0685. The van der Waals surface area contributed by atoms with E-state index in [1.807, 2.05) is 0 Å². The average molecular weight is 547 g/mol. The fraction of sp³-hybridized carbons (Fsp3) is 0.304. The molecule has 2 aromatic rings. The zero-order chi connectivity index (χ0) is 25.4. The highest BCUT2D eigenvalue weighted by molar-refractivity contribution is 9.10. The van der Waals surface area contributed by atoms with Gasteiger partial charge in [-0.15, -0.1) is 0 Å². The molecular weight excluding hydrogens is 524 g/mol. The van der Waals surface area contributed by atoms with Gasteiger partial charge in [0.2, 0.25) is 12.3 Å². The van der Waals surface area contributed by atoms with Gasteiger partial charge in [-0.2, -0.15) is 0 Å². The number of urea groups is 1. The lowest BCUT2D eigenvalue weighted by Crippen LogP contribution is -2.76. The largest absolute Gasteiger partial charge is 0.480 e. The molecule has 0 aromatic heterocycles. The molecule has 1 fully saturated rings. The zero-order valence-corrected chi connectivity index (χ0v) is 20.0. The second-order valence-electron chi connectivity index (χ2n) is 8.25. The summed E-state index contributed by atoms with van der Waals surface area (Å²) >= 11 is 3.29. The first-order valence-corrected chi connectivity index (χ1v) is 11.4. The van der Waals surface area contributed by atoms with Crippen LogP contribution in [0.1, 0.15) is 23.5 Å². The molecule has 0 aliphatic carbocycles. The maximum Gasteiger partial charge on any atom is 0.321 e. The maximum atomic E-state index is 13.8. The molecule has 3 unspecified atom stereocenters. The van der Waals surface area contributed by atoms with E-state index in [0.29, 0.717) is 22.6 Å². The molecule has 4 amide bonds. The molecule has 2 heterocycles. The number of nitrogens with one attached hydrogen (secondary N) is 1. The topological polar surface area (TPSA) is 174 Å². The molecule has 0 bridgehead atoms. The Morgan fingerprint density at radius 2 is 1.77 bits per heavy atom. The number of alkyl halides is 1. The number of carboxylic acids is 1. The Bertz CT molecular complexity index is 1190. The molecule has 2 aromatic carbocycles. The van der Waals surface area contributed by atoms with Gasteiger partial charge in [0.1, 0.15) is 4.32 Å². The van der Waals surface area contributed by atoms with Gasteiger partial charge in [0.25, 0.3) is 11.8 Å². The summed E-state index contributed by atoms with van der Waals surface area (Å²) in [6, 6.07) is 12.0. The third-order valence-electron chi connectivity index (χ3n) is 6.37. The van der Waals surface area contributed by atoms with E-state index in [1.165, 1.54) is 0 Å². The van der Waals surface area contributed by atoms with Crippen LogP contribution in [0.3, 0.4) is 0 Å². The molecule has 4 rings (SSSR count). The van der Waals surface area contributed by atoms with E-state index < -0.39 is 39.6 Å². The summed E-state index contributed by atoms with van der Waals surface area (Å²) in [6.45, 7) is -0.289. The predicted octanol–water partition coefficient (Wildman–Crippen LogP) is 1.04. The zero-order valence-electron chi connectivity index (χ0n) is 18.4. The maximum absolute atomic E-state index is 13.8. The molecular formula is C23H23BrN4O7. The third kappa shape index (κ3) is 3.93. The van der Waals surface area contributed by atoms with Crippen molar-refractivity contribution in [1.82, 2.24) is 10.2 Å². The number of rotatable bonds is 6. The van der Waals surface area contributed by atoms with E-state index in [2.05, 4.69) is 21.2 Å². The van der Waals surface area contributed by atoms with Gasteiger partial charge < -0.3 is 36.3 Å². The number of nitrogens with zero attached hydrogens (tertiary/aromatic N) is 1. The van der Waals surface area contributed by atoms with Gasteiger partial charge in [-0.05, 0) is 29.7 Å². The molecule has 3 atom stereocenters. The quantitative estimate of drug-likeness (QED) is 0.309. The Hall–Kier alpha value is -3.80. The van der Waals surface area contributed by atoms with E-state index in [4.69, 9.17) is 20.9 Å². The van der Waals surface area contributed by atoms with E-state index >= 15 is 0 Å². The number of hydrogen-bond acceptors (Lipinski definition) is 6. The number of ether oxygens (including phenoxy) is 2. The van der Waals surface area contributed by atoms with Gasteiger partial charge in [-0.1, -0.05) is 52.3 Å². The lowest BCUT2D eigenvalue weighted by atomic mass is 9.65. The molecule has 11 nitrogen and oxygen atoms in total. The van der Waals surface area contributed by atoms with Crippen molar-refractivity contribution < 1.29 is 33.8 Å². The highest BCUT2D eigenvalue weighted by Crippen LogP contribution is 2.51. The summed E-state index contributed by atoms with van der Waals surface area (Å²) in [4.78, 5) is 52.8. The van der Waals surface area contributed by atoms with Crippen molar-refractivity contribution in [2.75, 3.05) is 13.3 Å². The minimum Gasteiger partial charge on any atom is -0.480 e. The lowest BCUT2D eigenvalue weighted by molar-refractivity contribution is -0.152. The summed E-state index contributed by atoms with van der Waals surface area (Å²) in [6.07, 6.45) is -0.130. The first-order valence-electron chi connectivity index (χ1n) is 10.6. The summed E-state index contributed by atoms with van der Waals surface area (Å²) in [7, 11) is 0. The van der Waals surface area contributed by atoms with Crippen LogP contribution in [-0.4, -0.2) is 57.0 Å². The standard InChI is InChI=1S/C23H23BrN4O7/c24-22(20(31)32)8-9-28(21(26)33)23(18(25)29,17(22)14-4-2-1-3-5-14)19(30)27-11-13-6-7-15-16(10-13)35-12-34-15/h1-7,10,17H,8-9,11-12H2,(H2,25,29)(H2,26,33)(H,27,30)(H,31,32). The first kappa shape index (κ1) is 24.3. The third-order valence-corrected chi connectivity index (χ3v) is 7.56. The normalized spacial score (nSPS) is 25.1. The number of primary amides is 2. The number of fused-ring (bicyclic) bond motifs is 1. The number of carboxylic acid groups (broad SMARTS) is 1. The summed E-state index contributed by atoms with van der Waals surface area (Å²) < 4.78 is 8.83. The smallest absolute Gasteiger partial charge is 0.321 e. The number of likely N-dealkylation sites (tertiary alicyclic amines) is 1. The molecule has 2 aliphatic heterocycles. The van der Waals surface area contributed by atoms with Gasteiger partial charge >= 0.3 is 12.0 Å². The lowest BCUT2D eigenvalue weighted by Gasteiger charge is -2.53. The highest BCUT2D eigenvalue weighted by Gasteiger charge is 2.68. The molecule has 2 aliphatic rings. The summed E-state index contributed by atoms with van der Waals surface area (Å²) in [5, 5.41) is 12.8. The number of halogens is 1. The van der Waals surface area contributed by atoms with Gasteiger partial charge in [0.05, 0.1) is 5.92 Å². The van der Waals surface area contributed by atoms with Crippen molar-refractivity contribution in [3.05, 3.63) is 59.7 Å². The fourth-order valence-corrected chi connectivity index (χ4v) is 5.53. The molecule has 1 saturated heterocycles. The predicted molar refractivity (Wildman–Crippen MR) is 126 cm³/mol. The number of carbonyl (C=O) groups excluding carboxylic acids is 3. The van der Waals surface area contributed by atoms with E-state index in [-0.39, 0.29) is 26.3 Å². The second kappa shape index (κ2) is 9.10. The van der Waals surface area contributed by atoms with Gasteiger partial charge in [-0.25, -0.2) is 4.79 Å². The highest BCUT2D eigenvalue weighted by atomic mass is 79.9.